The van der Waals surface area contributed by atoms with Crippen molar-refractivity contribution in [1.29, 1.82) is 0 Å². The Kier molecular flexibility index (Phi) is 2.57. The number of ether oxygens (including phenoxy) is 1. The molecule has 2 fully saturated rings. The Bertz CT molecular complexity index is 346. The Morgan fingerprint density at radius 1 is 1.31 bits per heavy atom. The van der Waals surface area contributed by atoms with Crippen molar-refractivity contribution in [1.82, 2.24) is 0 Å². The first kappa shape index (κ1) is 10.8. The van der Waals surface area contributed by atoms with E-state index >= 15 is 0 Å². The molecule has 0 radical (unpaired) electrons. The summed E-state index contributed by atoms with van der Waals surface area (Å²) in [5, 5.41) is 2.17. The third kappa shape index (κ3) is 1.53. The summed E-state index contributed by atoms with van der Waals surface area (Å²) in [6.45, 7) is 2.70. The van der Waals surface area contributed by atoms with Gasteiger partial charge >= 0.3 is 0 Å². The highest BCUT2D eigenvalue weighted by Crippen LogP contribution is 2.60. The van der Waals surface area contributed by atoms with Crippen molar-refractivity contribution >= 4 is 11.3 Å². The lowest BCUT2D eigenvalue weighted by Crippen LogP contribution is -2.55. The van der Waals surface area contributed by atoms with Gasteiger partial charge in [0.05, 0.1) is 0 Å². The summed E-state index contributed by atoms with van der Waals surface area (Å²) in [4.78, 5) is 1.49. The molecular formula is C13H19NOS. The second-order valence-corrected chi connectivity index (χ2v) is 6.38. The van der Waals surface area contributed by atoms with Gasteiger partial charge in [-0.05, 0) is 42.5 Å². The van der Waals surface area contributed by atoms with Crippen molar-refractivity contribution in [3.63, 3.8) is 0 Å². The van der Waals surface area contributed by atoms with Gasteiger partial charge in [0.25, 0.3) is 0 Å². The number of rotatable bonds is 2. The maximum atomic E-state index is 6.03. The fourth-order valence-corrected chi connectivity index (χ4v) is 4.48. The number of nitrogens with two attached hydrogens (primary N) is 1. The predicted octanol–water partition coefficient (Wildman–Crippen LogP) is 2.54. The van der Waals surface area contributed by atoms with Crippen LogP contribution in [-0.2, 0) is 10.2 Å². The van der Waals surface area contributed by atoms with Gasteiger partial charge in [-0.3, -0.25) is 0 Å². The molecule has 88 valence electrons. The van der Waals surface area contributed by atoms with Crippen molar-refractivity contribution in [2.75, 3.05) is 19.8 Å². The maximum Gasteiger partial charge on any atom is 0.0471 e. The first-order valence-corrected chi connectivity index (χ1v) is 6.99. The van der Waals surface area contributed by atoms with E-state index in [0.717, 1.165) is 19.8 Å². The van der Waals surface area contributed by atoms with E-state index in [0.29, 0.717) is 10.8 Å². The van der Waals surface area contributed by atoms with E-state index < -0.39 is 0 Å². The lowest BCUT2D eigenvalue weighted by Gasteiger charge is -2.57. The molecule has 3 rings (SSSR count). The normalized spacial score (nSPS) is 26.6. The SMILES string of the molecule is NCC1(c2cccs2)CC2(CCOCC2)C1. The van der Waals surface area contributed by atoms with Crippen molar-refractivity contribution in [3.05, 3.63) is 22.4 Å². The van der Waals surface area contributed by atoms with Crippen molar-refractivity contribution in [2.24, 2.45) is 11.1 Å². The average molecular weight is 237 g/mol. The molecule has 1 aliphatic heterocycles. The van der Waals surface area contributed by atoms with E-state index in [1.807, 2.05) is 11.3 Å². The number of thiophene rings is 1. The van der Waals surface area contributed by atoms with Crippen LogP contribution in [0.1, 0.15) is 30.6 Å². The van der Waals surface area contributed by atoms with Gasteiger partial charge in [0.15, 0.2) is 0 Å². The molecule has 0 aromatic carbocycles. The van der Waals surface area contributed by atoms with Gasteiger partial charge in [-0.25, -0.2) is 0 Å². The molecule has 1 spiro atoms. The highest BCUT2D eigenvalue weighted by atomic mass is 32.1. The Labute approximate surface area is 101 Å². The van der Waals surface area contributed by atoms with E-state index in [2.05, 4.69) is 17.5 Å². The Hall–Kier alpha value is -0.380. The van der Waals surface area contributed by atoms with Gasteiger partial charge in [0.1, 0.15) is 0 Å². The summed E-state index contributed by atoms with van der Waals surface area (Å²) in [6.07, 6.45) is 5.03. The molecule has 2 N–H and O–H groups in total. The largest absolute Gasteiger partial charge is 0.381 e. The minimum atomic E-state index is 0.297. The molecule has 0 unspecified atom stereocenters. The molecule has 3 heteroatoms. The zero-order chi connectivity index (χ0) is 11.1. The van der Waals surface area contributed by atoms with Crippen LogP contribution in [-0.4, -0.2) is 19.8 Å². The maximum absolute atomic E-state index is 6.03. The van der Waals surface area contributed by atoms with Gasteiger partial charge in [-0.1, -0.05) is 6.07 Å². The molecule has 1 aliphatic carbocycles. The summed E-state index contributed by atoms with van der Waals surface area (Å²) >= 11 is 1.87. The van der Waals surface area contributed by atoms with Crippen molar-refractivity contribution in [3.8, 4) is 0 Å². The molecule has 16 heavy (non-hydrogen) atoms. The molecule has 1 saturated carbocycles. The summed E-state index contributed by atoms with van der Waals surface area (Å²) in [5.41, 5.74) is 6.88. The third-order valence-electron chi connectivity index (χ3n) is 4.41. The monoisotopic (exact) mass is 237 g/mol. The minimum absolute atomic E-state index is 0.297. The first-order valence-electron chi connectivity index (χ1n) is 6.11. The van der Waals surface area contributed by atoms with E-state index in [9.17, 15) is 0 Å². The average Bonchev–Trinajstić information content (AvgIpc) is 2.80. The molecule has 0 bridgehead atoms. The molecule has 1 saturated heterocycles. The molecular weight excluding hydrogens is 218 g/mol. The second kappa shape index (κ2) is 3.83. The molecule has 1 aromatic rings. The van der Waals surface area contributed by atoms with Crippen LogP contribution >= 0.6 is 11.3 Å². The minimum Gasteiger partial charge on any atom is -0.381 e. The van der Waals surface area contributed by atoms with Crippen LogP contribution in [0.4, 0.5) is 0 Å². The highest BCUT2D eigenvalue weighted by Gasteiger charge is 2.54. The second-order valence-electron chi connectivity index (χ2n) is 5.43. The molecule has 2 nitrogen and oxygen atoms in total. The summed E-state index contributed by atoms with van der Waals surface area (Å²) in [6, 6.07) is 4.40. The molecule has 2 aliphatic rings. The fraction of sp³-hybridized carbons (Fsp3) is 0.692. The summed E-state index contributed by atoms with van der Waals surface area (Å²) in [5.74, 6) is 0. The highest BCUT2D eigenvalue weighted by molar-refractivity contribution is 7.10. The van der Waals surface area contributed by atoms with Gasteiger partial charge in [0.2, 0.25) is 0 Å². The summed E-state index contributed by atoms with van der Waals surface area (Å²) < 4.78 is 5.46. The lowest BCUT2D eigenvalue weighted by molar-refractivity contribution is -0.0704. The summed E-state index contributed by atoms with van der Waals surface area (Å²) in [7, 11) is 0. The predicted molar refractivity (Wildman–Crippen MR) is 66.8 cm³/mol. The molecule has 1 aromatic heterocycles. The van der Waals surface area contributed by atoms with Crippen LogP contribution < -0.4 is 5.73 Å². The first-order chi connectivity index (χ1) is 7.79. The Morgan fingerprint density at radius 2 is 2.06 bits per heavy atom. The fourth-order valence-electron chi connectivity index (χ4n) is 3.54. The van der Waals surface area contributed by atoms with Crippen molar-refractivity contribution in [2.45, 2.75) is 31.1 Å². The van der Waals surface area contributed by atoms with Gasteiger partial charge in [0, 0.05) is 30.1 Å². The molecule has 2 heterocycles. The van der Waals surface area contributed by atoms with E-state index in [4.69, 9.17) is 10.5 Å². The van der Waals surface area contributed by atoms with Crippen LogP contribution in [0.2, 0.25) is 0 Å². The topological polar surface area (TPSA) is 35.2 Å². The van der Waals surface area contributed by atoms with Crippen LogP contribution in [0.25, 0.3) is 0 Å². The van der Waals surface area contributed by atoms with E-state index in [-0.39, 0.29) is 0 Å². The zero-order valence-corrected chi connectivity index (χ0v) is 10.4. The number of hydrogen-bond acceptors (Lipinski definition) is 3. The van der Waals surface area contributed by atoms with Crippen LogP contribution in [0.3, 0.4) is 0 Å². The van der Waals surface area contributed by atoms with E-state index in [1.165, 1.54) is 30.6 Å². The van der Waals surface area contributed by atoms with Gasteiger partial charge in [-0.2, -0.15) is 0 Å². The molecule has 0 atom stereocenters. The van der Waals surface area contributed by atoms with Crippen LogP contribution in [0.15, 0.2) is 17.5 Å². The quantitative estimate of drug-likeness (QED) is 0.858. The Morgan fingerprint density at radius 3 is 2.62 bits per heavy atom. The third-order valence-corrected chi connectivity index (χ3v) is 5.53. The van der Waals surface area contributed by atoms with Gasteiger partial charge in [-0.15, -0.1) is 11.3 Å². The smallest absolute Gasteiger partial charge is 0.0471 e. The van der Waals surface area contributed by atoms with Crippen molar-refractivity contribution < 1.29 is 4.74 Å². The van der Waals surface area contributed by atoms with E-state index in [1.54, 1.807) is 0 Å². The standard InChI is InChI=1S/C13H19NOS/c14-10-13(11-2-1-7-16-11)8-12(9-13)3-5-15-6-4-12/h1-2,7H,3-6,8-10,14H2. The lowest BCUT2D eigenvalue weighted by atomic mass is 9.49. The van der Waals surface area contributed by atoms with Gasteiger partial charge < -0.3 is 10.5 Å². The molecule has 0 amide bonds. The van der Waals surface area contributed by atoms with Crippen LogP contribution in [0.5, 0.6) is 0 Å². The Balaban J connectivity index is 1.77. The number of hydrogen-bond donors (Lipinski definition) is 1. The zero-order valence-electron chi connectivity index (χ0n) is 9.58. The van der Waals surface area contributed by atoms with Crippen LogP contribution in [0, 0.1) is 5.41 Å².